The Hall–Kier alpha value is -0.870. The fourth-order valence-corrected chi connectivity index (χ4v) is 4.59. The standard InChI is InChI=1S/C18H31N3O/c1-14(2)21-15(9-11-19-21)13-20-12-6-8-17(20)16-7-4-5-10-18(16,3)22/h9,11,14,16-17,22H,4-8,10,12-13H2,1-3H3/t16-,17-,18-/m1/s1. The molecular formula is C18H31N3O. The van der Waals surface area contributed by atoms with Crippen LogP contribution in [0, 0.1) is 5.92 Å². The van der Waals surface area contributed by atoms with Gasteiger partial charge in [0.05, 0.1) is 11.3 Å². The van der Waals surface area contributed by atoms with Crippen LogP contribution in [0.25, 0.3) is 0 Å². The molecule has 4 nitrogen and oxygen atoms in total. The molecule has 124 valence electrons. The summed E-state index contributed by atoms with van der Waals surface area (Å²) in [5.74, 6) is 0.430. The second kappa shape index (κ2) is 6.32. The molecule has 1 aromatic rings. The van der Waals surface area contributed by atoms with E-state index in [1.807, 2.05) is 6.20 Å². The molecular weight excluding hydrogens is 274 g/mol. The summed E-state index contributed by atoms with van der Waals surface area (Å²) in [5, 5.41) is 15.3. The summed E-state index contributed by atoms with van der Waals surface area (Å²) in [4.78, 5) is 2.60. The van der Waals surface area contributed by atoms with Crippen molar-refractivity contribution in [1.82, 2.24) is 14.7 Å². The van der Waals surface area contributed by atoms with E-state index in [-0.39, 0.29) is 0 Å². The summed E-state index contributed by atoms with van der Waals surface area (Å²) < 4.78 is 2.13. The van der Waals surface area contributed by atoms with Crippen molar-refractivity contribution in [2.75, 3.05) is 6.54 Å². The van der Waals surface area contributed by atoms with Gasteiger partial charge in [-0.05, 0) is 59.1 Å². The zero-order chi connectivity index (χ0) is 15.7. The molecule has 1 saturated carbocycles. The minimum absolute atomic E-state index is 0.406. The lowest BCUT2D eigenvalue weighted by Gasteiger charge is -2.43. The summed E-state index contributed by atoms with van der Waals surface area (Å²) >= 11 is 0. The number of likely N-dealkylation sites (tertiary alicyclic amines) is 1. The lowest BCUT2D eigenvalue weighted by molar-refractivity contribution is -0.0631. The first-order valence-corrected chi connectivity index (χ1v) is 8.98. The molecule has 0 amide bonds. The number of aromatic nitrogens is 2. The van der Waals surface area contributed by atoms with Crippen molar-refractivity contribution in [3.05, 3.63) is 18.0 Å². The van der Waals surface area contributed by atoms with E-state index in [2.05, 4.69) is 41.5 Å². The average molecular weight is 305 g/mol. The van der Waals surface area contributed by atoms with Crippen LogP contribution in [0.1, 0.15) is 71.0 Å². The Morgan fingerprint density at radius 3 is 2.86 bits per heavy atom. The van der Waals surface area contributed by atoms with E-state index < -0.39 is 5.60 Å². The smallest absolute Gasteiger partial charge is 0.0662 e. The number of hydrogen-bond donors (Lipinski definition) is 1. The van der Waals surface area contributed by atoms with Crippen molar-refractivity contribution < 1.29 is 5.11 Å². The fourth-order valence-electron chi connectivity index (χ4n) is 4.59. The quantitative estimate of drug-likeness (QED) is 0.927. The van der Waals surface area contributed by atoms with Crippen molar-refractivity contribution in [3.63, 3.8) is 0 Å². The number of aliphatic hydroxyl groups is 1. The van der Waals surface area contributed by atoms with Crippen LogP contribution in [0.4, 0.5) is 0 Å². The van der Waals surface area contributed by atoms with Gasteiger partial charge >= 0.3 is 0 Å². The number of hydrogen-bond acceptors (Lipinski definition) is 3. The Morgan fingerprint density at radius 1 is 1.32 bits per heavy atom. The molecule has 22 heavy (non-hydrogen) atoms. The Labute approximate surface area is 134 Å². The van der Waals surface area contributed by atoms with Gasteiger partial charge < -0.3 is 5.11 Å². The predicted molar refractivity (Wildman–Crippen MR) is 88.6 cm³/mol. The van der Waals surface area contributed by atoms with E-state index in [0.29, 0.717) is 18.0 Å². The normalized spacial score (nSPS) is 33.7. The van der Waals surface area contributed by atoms with Crippen LogP contribution in [-0.4, -0.2) is 38.0 Å². The Bertz CT molecular complexity index is 494. The third kappa shape index (κ3) is 3.09. The van der Waals surface area contributed by atoms with Crippen LogP contribution >= 0.6 is 0 Å². The van der Waals surface area contributed by atoms with Crippen molar-refractivity contribution in [2.24, 2.45) is 5.92 Å². The molecule has 1 N–H and O–H groups in total. The second-order valence-corrected chi connectivity index (χ2v) is 7.75. The Kier molecular flexibility index (Phi) is 4.60. The van der Waals surface area contributed by atoms with Gasteiger partial charge in [0, 0.05) is 30.7 Å². The van der Waals surface area contributed by atoms with Gasteiger partial charge in [-0.25, -0.2) is 0 Å². The third-order valence-corrected chi connectivity index (χ3v) is 5.73. The van der Waals surface area contributed by atoms with Gasteiger partial charge in [-0.15, -0.1) is 0 Å². The van der Waals surface area contributed by atoms with Crippen LogP contribution in [0.3, 0.4) is 0 Å². The first-order valence-electron chi connectivity index (χ1n) is 8.98. The fraction of sp³-hybridized carbons (Fsp3) is 0.833. The highest BCUT2D eigenvalue weighted by atomic mass is 16.3. The summed E-state index contributed by atoms with van der Waals surface area (Å²) in [6.45, 7) is 8.55. The molecule has 0 spiro atoms. The highest BCUT2D eigenvalue weighted by Crippen LogP contribution is 2.41. The molecule has 0 unspecified atom stereocenters. The minimum atomic E-state index is -0.482. The molecule has 0 bridgehead atoms. The molecule has 3 atom stereocenters. The van der Waals surface area contributed by atoms with E-state index >= 15 is 0 Å². The topological polar surface area (TPSA) is 41.3 Å². The first kappa shape index (κ1) is 16.0. The lowest BCUT2D eigenvalue weighted by atomic mass is 9.72. The maximum atomic E-state index is 10.8. The SMILES string of the molecule is CC(C)n1nccc1CN1CCC[C@@H]1[C@H]1CCCC[C@@]1(C)O. The summed E-state index contributed by atoms with van der Waals surface area (Å²) in [7, 11) is 0. The van der Waals surface area contributed by atoms with E-state index in [9.17, 15) is 5.11 Å². The molecule has 0 aromatic carbocycles. The van der Waals surface area contributed by atoms with Gasteiger partial charge in [-0.2, -0.15) is 5.10 Å². The Morgan fingerprint density at radius 2 is 2.14 bits per heavy atom. The van der Waals surface area contributed by atoms with E-state index in [0.717, 1.165) is 19.5 Å². The van der Waals surface area contributed by atoms with Crippen molar-refractivity contribution >= 4 is 0 Å². The van der Waals surface area contributed by atoms with Gasteiger partial charge in [-0.3, -0.25) is 9.58 Å². The van der Waals surface area contributed by atoms with Gasteiger partial charge in [0.1, 0.15) is 0 Å². The van der Waals surface area contributed by atoms with Crippen molar-refractivity contribution in [2.45, 2.75) is 83.5 Å². The highest BCUT2D eigenvalue weighted by Gasteiger charge is 2.43. The second-order valence-electron chi connectivity index (χ2n) is 7.75. The van der Waals surface area contributed by atoms with Gasteiger partial charge in [-0.1, -0.05) is 12.8 Å². The molecule has 0 radical (unpaired) electrons. The molecule has 3 rings (SSSR count). The molecule has 2 heterocycles. The monoisotopic (exact) mass is 305 g/mol. The summed E-state index contributed by atoms with van der Waals surface area (Å²) in [6.07, 6.45) is 9.00. The van der Waals surface area contributed by atoms with Gasteiger partial charge in [0.15, 0.2) is 0 Å². The van der Waals surface area contributed by atoms with E-state index in [1.54, 1.807) is 0 Å². The minimum Gasteiger partial charge on any atom is -0.390 e. The Balaban J connectivity index is 1.74. The third-order valence-electron chi connectivity index (χ3n) is 5.73. The number of nitrogens with zero attached hydrogens (tertiary/aromatic N) is 3. The summed E-state index contributed by atoms with van der Waals surface area (Å²) in [5.41, 5.74) is 0.821. The van der Waals surface area contributed by atoms with Crippen molar-refractivity contribution in [3.8, 4) is 0 Å². The zero-order valence-corrected chi connectivity index (χ0v) is 14.3. The summed E-state index contributed by atoms with van der Waals surface area (Å²) in [6, 6.07) is 3.09. The van der Waals surface area contributed by atoms with Crippen LogP contribution in [-0.2, 0) is 6.54 Å². The van der Waals surface area contributed by atoms with Gasteiger partial charge in [0.2, 0.25) is 0 Å². The van der Waals surface area contributed by atoms with Crippen LogP contribution in [0.15, 0.2) is 12.3 Å². The molecule has 1 aliphatic carbocycles. The highest BCUT2D eigenvalue weighted by molar-refractivity contribution is 5.04. The van der Waals surface area contributed by atoms with Crippen LogP contribution in [0.5, 0.6) is 0 Å². The van der Waals surface area contributed by atoms with Crippen LogP contribution in [0.2, 0.25) is 0 Å². The first-order chi connectivity index (χ1) is 10.5. The predicted octanol–water partition coefficient (Wildman–Crippen LogP) is 3.37. The molecule has 4 heteroatoms. The maximum Gasteiger partial charge on any atom is 0.0662 e. The molecule has 1 aliphatic heterocycles. The van der Waals surface area contributed by atoms with Gasteiger partial charge in [0.25, 0.3) is 0 Å². The maximum absolute atomic E-state index is 10.8. The molecule has 2 fully saturated rings. The molecule has 1 aromatic heterocycles. The van der Waals surface area contributed by atoms with E-state index in [4.69, 9.17) is 0 Å². The van der Waals surface area contributed by atoms with Crippen molar-refractivity contribution in [1.29, 1.82) is 0 Å². The zero-order valence-electron chi connectivity index (χ0n) is 14.3. The molecule has 1 saturated heterocycles. The lowest BCUT2D eigenvalue weighted by Crippen LogP contribution is -2.48. The van der Waals surface area contributed by atoms with Crippen LogP contribution < -0.4 is 0 Å². The van der Waals surface area contributed by atoms with E-state index in [1.165, 1.54) is 37.8 Å². The number of rotatable bonds is 4. The largest absolute Gasteiger partial charge is 0.390 e. The average Bonchev–Trinajstić information content (AvgIpc) is 3.08. The molecule has 2 aliphatic rings.